The lowest BCUT2D eigenvalue weighted by atomic mass is 10.1. The second-order valence-corrected chi connectivity index (χ2v) is 9.18. The molecule has 0 spiro atoms. The number of aliphatic carboxylic acids is 1. The van der Waals surface area contributed by atoms with Gasteiger partial charge in [-0.25, -0.2) is 14.6 Å². The van der Waals surface area contributed by atoms with Crippen molar-refractivity contribution in [1.29, 1.82) is 0 Å². The van der Waals surface area contributed by atoms with Gasteiger partial charge in [0.1, 0.15) is 16.4 Å². The zero-order valence-electron chi connectivity index (χ0n) is 19.5. The molecular weight excluding hydrogens is 554 g/mol. The Morgan fingerprint density at radius 2 is 1.89 bits per heavy atom. The summed E-state index contributed by atoms with van der Waals surface area (Å²) >= 11 is 4.34. The monoisotopic (exact) mass is 575 g/mol. The molecule has 2 aromatic rings. The molecule has 0 aromatic heterocycles. The standard InChI is InChI=1S/C25H22BrNO8S/c1-4-34-25(32)21-22(30)19(36-24(21)27-23(31)15-8-6-5-7-13(15)2)10-14-9-17(33-3)18(11-16(14)26)35-12-20(28)29/h5-11,30H,4,12H2,1-3H3,(H,28,29)/b19-10-,27-24?. The minimum absolute atomic E-state index is 0.00921. The molecule has 0 bridgehead atoms. The summed E-state index contributed by atoms with van der Waals surface area (Å²) in [6, 6.07) is 10.0. The molecule has 0 fully saturated rings. The maximum absolute atomic E-state index is 12.8. The molecule has 0 radical (unpaired) electrons. The van der Waals surface area contributed by atoms with Crippen molar-refractivity contribution in [3.8, 4) is 11.5 Å². The van der Waals surface area contributed by atoms with Crippen LogP contribution >= 0.6 is 27.7 Å². The topological polar surface area (TPSA) is 132 Å². The van der Waals surface area contributed by atoms with E-state index in [-0.39, 0.29) is 39.4 Å². The van der Waals surface area contributed by atoms with Gasteiger partial charge in [-0.2, -0.15) is 0 Å². The molecule has 0 saturated heterocycles. The third kappa shape index (κ3) is 6.16. The number of aliphatic hydroxyl groups is 1. The van der Waals surface area contributed by atoms with Crippen LogP contribution in [0.3, 0.4) is 0 Å². The Labute approximate surface area is 219 Å². The smallest absolute Gasteiger partial charge is 0.344 e. The summed E-state index contributed by atoms with van der Waals surface area (Å²) in [5.41, 5.74) is 1.41. The van der Waals surface area contributed by atoms with Crippen molar-refractivity contribution >= 4 is 56.7 Å². The number of nitrogens with zero attached hydrogens (tertiary/aromatic N) is 1. The van der Waals surface area contributed by atoms with Gasteiger partial charge in [0.05, 0.1) is 18.6 Å². The number of carboxylic acids is 1. The molecule has 1 heterocycles. The van der Waals surface area contributed by atoms with Crippen molar-refractivity contribution < 1.29 is 38.8 Å². The van der Waals surface area contributed by atoms with Crippen LogP contribution in [0.2, 0.25) is 0 Å². The van der Waals surface area contributed by atoms with Crippen LogP contribution in [-0.4, -0.2) is 53.4 Å². The number of hydrogen-bond acceptors (Lipinski definition) is 8. The Bertz CT molecular complexity index is 1320. The number of carbonyl (C=O) groups excluding carboxylic acids is 2. The highest BCUT2D eigenvalue weighted by molar-refractivity contribution is 9.10. The van der Waals surface area contributed by atoms with E-state index in [1.54, 1.807) is 50.3 Å². The van der Waals surface area contributed by atoms with Crippen molar-refractivity contribution in [3.63, 3.8) is 0 Å². The van der Waals surface area contributed by atoms with E-state index in [1.807, 2.05) is 0 Å². The van der Waals surface area contributed by atoms with Crippen molar-refractivity contribution in [2.75, 3.05) is 20.3 Å². The average molecular weight is 576 g/mol. The van der Waals surface area contributed by atoms with Gasteiger partial charge in [0.15, 0.2) is 18.1 Å². The summed E-state index contributed by atoms with van der Waals surface area (Å²) in [6.45, 7) is 2.91. The fraction of sp³-hybridized carbons (Fsp3) is 0.200. The van der Waals surface area contributed by atoms with Crippen LogP contribution in [0.25, 0.3) is 6.08 Å². The molecule has 36 heavy (non-hydrogen) atoms. The second-order valence-electron chi connectivity index (χ2n) is 7.30. The Morgan fingerprint density at radius 1 is 1.17 bits per heavy atom. The van der Waals surface area contributed by atoms with Gasteiger partial charge in [-0.15, -0.1) is 0 Å². The first-order chi connectivity index (χ1) is 17.2. The lowest BCUT2D eigenvalue weighted by Gasteiger charge is -2.12. The molecule has 9 nitrogen and oxygen atoms in total. The molecule has 1 amide bonds. The number of hydrogen-bond donors (Lipinski definition) is 2. The van der Waals surface area contributed by atoms with Crippen LogP contribution in [0.1, 0.15) is 28.4 Å². The Balaban J connectivity index is 2.04. The Morgan fingerprint density at radius 3 is 2.53 bits per heavy atom. The Kier molecular flexibility index (Phi) is 8.94. The minimum atomic E-state index is -1.14. The molecule has 0 saturated carbocycles. The van der Waals surface area contributed by atoms with E-state index in [0.717, 1.165) is 17.3 Å². The number of aryl methyl sites for hydroxylation is 1. The lowest BCUT2D eigenvalue weighted by molar-refractivity contribution is -0.139. The number of benzene rings is 2. The molecule has 2 N–H and O–H groups in total. The predicted octanol–water partition coefficient (Wildman–Crippen LogP) is 4.93. The number of aliphatic hydroxyl groups excluding tert-OH is 1. The molecule has 0 unspecified atom stereocenters. The van der Waals surface area contributed by atoms with Gasteiger partial charge in [0, 0.05) is 10.0 Å². The van der Waals surface area contributed by atoms with Gasteiger partial charge in [-0.3, -0.25) is 4.79 Å². The van der Waals surface area contributed by atoms with Crippen LogP contribution < -0.4 is 9.47 Å². The quantitative estimate of drug-likeness (QED) is 0.420. The number of rotatable bonds is 8. The number of carboxylic acid groups (broad SMARTS) is 1. The molecular formula is C25H22BrNO8S. The normalized spacial score (nSPS) is 15.3. The Hall–Kier alpha value is -3.57. The van der Waals surface area contributed by atoms with Gasteiger partial charge >= 0.3 is 11.9 Å². The first kappa shape index (κ1) is 27.0. The van der Waals surface area contributed by atoms with Gasteiger partial charge in [-0.1, -0.05) is 45.9 Å². The van der Waals surface area contributed by atoms with Gasteiger partial charge in [0.25, 0.3) is 5.91 Å². The zero-order valence-corrected chi connectivity index (χ0v) is 21.9. The number of aliphatic imine (C=N–C) groups is 1. The first-order valence-electron chi connectivity index (χ1n) is 10.6. The van der Waals surface area contributed by atoms with Crippen LogP contribution in [0.4, 0.5) is 0 Å². The molecule has 188 valence electrons. The van der Waals surface area contributed by atoms with Gasteiger partial charge in [-0.05, 0) is 49.2 Å². The van der Waals surface area contributed by atoms with Crippen LogP contribution in [0.5, 0.6) is 11.5 Å². The molecule has 1 aliphatic heterocycles. The maximum Gasteiger partial charge on any atom is 0.344 e. The van der Waals surface area contributed by atoms with Crippen LogP contribution in [0.15, 0.2) is 62.1 Å². The van der Waals surface area contributed by atoms with E-state index in [1.165, 1.54) is 13.2 Å². The third-order valence-corrected chi connectivity index (χ3v) is 6.58. The largest absolute Gasteiger partial charge is 0.506 e. The van der Waals surface area contributed by atoms with E-state index in [4.69, 9.17) is 19.3 Å². The second kappa shape index (κ2) is 11.9. The fourth-order valence-electron chi connectivity index (χ4n) is 3.17. The minimum Gasteiger partial charge on any atom is -0.506 e. The number of esters is 1. The van der Waals surface area contributed by atoms with Gasteiger partial charge < -0.3 is 24.4 Å². The van der Waals surface area contributed by atoms with Crippen molar-refractivity contribution in [3.05, 3.63) is 73.8 Å². The van der Waals surface area contributed by atoms with Crippen LogP contribution in [-0.2, 0) is 14.3 Å². The van der Waals surface area contributed by atoms with Crippen LogP contribution in [0, 0.1) is 6.92 Å². The van der Waals surface area contributed by atoms with Crippen molar-refractivity contribution in [2.24, 2.45) is 4.99 Å². The molecule has 11 heteroatoms. The van der Waals surface area contributed by atoms with E-state index in [9.17, 15) is 19.5 Å². The van der Waals surface area contributed by atoms with E-state index in [2.05, 4.69) is 20.9 Å². The zero-order chi connectivity index (χ0) is 26.4. The molecule has 3 rings (SSSR count). The number of amides is 1. The van der Waals surface area contributed by atoms with Gasteiger partial charge in [0.2, 0.25) is 0 Å². The summed E-state index contributed by atoms with van der Waals surface area (Å²) in [4.78, 5) is 40.7. The SMILES string of the molecule is CCOC(=O)C1=C(O)/C(=C/c2cc(OC)c(OCC(=O)O)cc2Br)SC1=NC(=O)c1ccccc1C. The molecule has 2 aromatic carbocycles. The highest BCUT2D eigenvalue weighted by Gasteiger charge is 2.34. The number of carbonyl (C=O) groups is 3. The van der Waals surface area contributed by atoms with E-state index < -0.39 is 24.5 Å². The van der Waals surface area contributed by atoms with Crippen molar-refractivity contribution in [1.82, 2.24) is 0 Å². The highest BCUT2D eigenvalue weighted by atomic mass is 79.9. The molecule has 1 aliphatic rings. The highest BCUT2D eigenvalue weighted by Crippen LogP contribution is 2.42. The summed E-state index contributed by atoms with van der Waals surface area (Å²) in [5, 5.41) is 19.8. The first-order valence-corrected chi connectivity index (χ1v) is 12.2. The summed E-state index contributed by atoms with van der Waals surface area (Å²) in [7, 11) is 1.40. The average Bonchev–Trinajstić information content (AvgIpc) is 3.13. The lowest BCUT2D eigenvalue weighted by Crippen LogP contribution is -2.14. The van der Waals surface area contributed by atoms with E-state index in [0.29, 0.717) is 15.6 Å². The predicted molar refractivity (Wildman–Crippen MR) is 139 cm³/mol. The molecule has 0 aliphatic carbocycles. The number of halogens is 1. The number of ether oxygens (including phenoxy) is 3. The summed E-state index contributed by atoms with van der Waals surface area (Å²) in [6.07, 6.45) is 1.56. The maximum atomic E-state index is 12.8. The number of thioether (sulfide) groups is 1. The third-order valence-electron chi connectivity index (χ3n) is 4.87. The summed E-state index contributed by atoms with van der Waals surface area (Å²) < 4.78 is 16.1. The summed E-state index contributed by atoms with van der Waals surface area (Å²) in [5.74, 6) is -2.44. The van der Waals surface area contributed by atoms with E-state index >= 15 is 0 Å². The molecule has 0 atom stereocenters. The fourth-order valence-corrected chi connectivity index (χ4v) is 4.61. The van der Waals surface area contributed by atoms with Crippen molar-refractivity contribution in [2.45, 2.75) is 13.8 Å². The number of methoxy groups -OCH3 is 1.